The van der Waals surface area contributed by atoms with E-state index in [1.807, 2.05) is 0 Å². The molecule has 0 radical (unpaired) electrons. The van der Waals surface area contributed by atoms with Gasteiger partial charge in [0.05, 0.1) is 0 Å². The maximum Gasteiger partial charge on any atom is 0.315 e. The van der Waals surface area contributed by atoms with Crippen LogP contribution >= 0.6 is 0 Å². The second-order valence-electron chi connectivity index (χ2n) is 6.11. The largest absolute Gasteiger partial charge is 0.481 e. The van der Waals surface area contributed by atoms with Crippen LogP contribution in [-0.4, -0.2) is 29.7 Å². The van der Waals surface area contributed by atoms with Crippen molar-refractivity contribution in [2.24, 2.45) is 5.92 Å². The van der Waals surface area contributed by atoms with Gasteiger partial charge in [0, 0.05) is 19.0 Å². The fourth-order valence-electron chi connectivity index (χ4n) is 3.02. The first-order valence-electron chi connectivity index (χ1n) is 8.38. The highest BCUT2D eigenvalue weighted by molar-refractivity contribution is 5.74. The first-order valence-corrected chi connectivity index (χ1v) is 8.38. The molecule has 0 aromatic carbocycles. The van der Waals surface area contributed by atoms with Gasteiger partial charge in [-0.15, -0.1) is 0 Å². The van der Waals surface area contributed by atoms with Crippen LogP contribution in [0.1, 0.15) is 71.1 Å². The molecule has 0 aliphatic heterocycles. The molecule has 0 unspecified atom stereocenters. The number of hydrogen-bond acceptors (Lipinski definition) is 2. The van der Waals surface area contributed by atoms with Crippen molar-refractivity contribution in [2.45, 2.75) is 77.2 Å². The maximum absolute atomic E-state index is 11.7. The maximum atomic E-state index is 11.7. The Hall–Kier alpha value is -1.26. The van der Waals surface area contributed by atoms with Gasteiger partial charge >= 0.3 is 12.0 Å². The Morgan fingerprint density at radius 2 is 1.81 bits per heavy atom. The molecule has 1 rings (SSSR count). The van der Waals surface area contributed by atoms with E-state index in [1.165, 1.54) is 25.7 Å². The summed E-state index contributed by atoms with van der Waals surface area (Å²) in [7, 11) is 0. The van der Waals surface area contributed by atoms with Crippen LogP contribution in [0.15, 0.2) is 0 Å². The molecule has 0 heterocycles. The van der Waals surface area contributed by atoms with Gasteiger partial charge in [0.1, 0.15) is 0 Å². The Morgan fingerprint density at radius 3 is 2.43 bits per heavy atom. The molecule has 0 atom stereocenters. The monoisotopic (exact) mass is 298 g/mol. The Morgan fingerprint density at radius 1 is 1.10 bits per heavy atom. The van der Waals surface area contributed by atoms with E-state index in [4.69, 9.17) is 5.11 Å². The molecular formula is C16H30N2O3. The Kier molecular flexibility index (Phi) is 8.87. The standard InChI is InChI=1S/C16H30N2O3/c1-2-6-13-8-10-14(11-9-13)18-16(21)17-12-5-3-4-7-15(19)20/h13-14H,2-12H2,1H3,(H,19,20)(H2,17,18,21). The minimum Gasteiger partial charge on any atom is -0.481 e. The van der Waals surface area contributed by atoms with E-state index in [2.05, 4.69) is 17.6 Å². The molecule has 0 bridgehead atoms. The average molecular weight is 298 g/mol. The normalized spacial score (nSPS) is 21.8. The summed E-state index contributed by atoms with van der Waals surface area (Å²) in [5.41, 5.74) is 0. The predicted octanol–water partition coefficient (Wildman–Crippen LogP) is 3.29. The number of rotatable bonds is 9. The first-order chi connectivity index (χ1) is 10.1. The van der Waals surface area contributed by atoms with Crippen molar-refractivity contribution in [1.82, 2.24) is 10.6 Å². The quantitative estimate of drug-likeness (QED) is 0.571. The van der Waals surface area contributed by atoms with E-state index in [-0.39, 0.29) is 12.5 Å². The van der Waals surface area contributed by atoms with Gasteiger partial charge in [0.25, 0.3) is 0 Å². The lowest BCUT2D eigenvalue weighted by Gasteiger charge is -2.28. The number of carboxylic acid groups (broad SMARTS) is 1. The molecule has 0 spiro atoms. The molecule has 5 heteroatoms. The zero-order valence-electron chi connectivity index (χ0n) is 13.2. The van der Waals surface area contributed by atoms with Crippen LogP contribution in [0.2, 0.25) is 0 Å². The van der Waals surface area contributed by atoms with Gasteiger partial charge in [-0.1, -0.05) is 26.2 Å². The van der Waals surface area contributed by atoms with Gasteiger partial charge in [0.15, 0.2) is 0 Å². The smallest absolute Gasteiger partial charge is 0.315 e. The molecule has 0 aromatic rings. The summed E-state index contributed by atoms with van der Waals surface area (Å²) in [6.07, 6.45) is 9.79. The molecule has 0 aromatic heterocycles. The summed E-state index contributed by atoms with van der Waals surface area (Å²) in [6, 6.07) is 0.247. The van der Waals surface area contributed by atoms with Crippen LogP contribution in [0.5, 0.6) is 0 Å². The summed E-state index contributed by atoms with van der Waals surface area (Å²) in [4.78, 5) is 22.1. The SMILES string of the molecule is CCCC1CCC(NC(=O)NCCCCCC(=O)O)CC1. The van der Waals surface area contributed by atoms with E-state index < -0.39 is 5.97 Å². The van der Waals surface area contributed by atoms with Crippen molar-refractivity contribution in [1.29, 1.82) is 0 Å². The van der Waals surface area contributed by atoms with Gasteiger partial charge in [-0.3, -0.25) is 4.79 Å². The molecular weight excluding hydrogens is 268 g/mol. The van der Waals surface area contributed by atoms with Crippen molar-refractivity contribution in [3.05, 3.63) is 0 Å². The molecule has 1 aliphatic rings. The number of nitrogens with one attached hydrogen (secondary N) is 2. The van der Waals surface area contributed by atoms with Gasteiger partial charge < -0.3 is 15.7 Å². The molecule has 21 heavy (non-hydrogen) atoms. The van der Waals surface area contributed by atoms with Crippen LogP contribution in [-0.2, 0) is 4.79 Å². The molecule has 122 valence electrons. The van der Waals surface area contributed by atoms with Gasteiger partial charge in [-0.25, -0.2) is 4.79 Å². The van der Waals surface area contributed by atoms with Crippen LogP contribution < -0.4 is 10.6 Å². The number of carbonyl (C=O) groups excluding carboxylic acids is 1. The number of hydrogen-bond donors (Lipinski definition) is 3. The van der Waals surface area contributed by atoms with Crippen LogP contribution in [0.3, 0.4) is 0 Å². The van der Waals surface area contributed by atoms with Crippen molar-refractivity contribution < 1.29 is 14.7 Å². The minimum absolute atomic E-state index is 0.0767. The zero-order valence-corrected chi connectivity index (χ0v) is 13.2. The molecule has 1 fully saturated rings. The molecule has 5 nitrogen and oxygen atoms in total. The van der Waals surface area contributed by atoms with Crippen LogP contribution in [0, 0.1) is 5.92 Å². The molecule has 1 aliphatic carbocycles. The van der Waals surface area contributed by atoms with Crippen molar-refractivity contribution in [3.8, 4) is 0 Å². The second-order valence-corrected chi connectivity index (χ2v) is 6.11. The van der Waals surface area contributed by atoms with E-state index in [0.29, 0.717) is 19.0 Å². The average Bonchev–Trinajstić information content (AvgIpc) is 2.45. The molecule has 2 amide bonds. The van der Waals surface area contributed by atoms with Gasteiger partial charge in [-0.05, 0) is 44.4 Å². The van der Waals surface area contributed by atoms with Gasteiger partial charge in [0.2, 0.25) is 0 Å². The number of carboxylic acids is 1. The number of unbranched alkanes of at least 4 members (excludes halogenated alkanes) is 2. The van der Waals surface area contributed by atoms with Crippen molar-refractivity contribution >= 4 is 12.0 Å². The van der Waals surface area contributed by atoms with E-state index in [1.54, 1.807) is 0 Å². The summed E-state index contributed by atoms with van der Waals surface area (Å²) in [6.45, 7) is 2.85. The number of urea groups is 1. The second kappa shape index (κ2) is 10.5. The third-order valence-electron chi connectivity index (χ3n) is 4.23. The topological polar surface area (TPSA) is 78.4 Å². The van der Waals surface area contributed by atoms with Crippen LogP contribution in [0.4, 0.5) is 4.79 Å². The minimum atomic E-state index is -0.751. The molecule has 0 saturated heterocycles. The first kappa shape index (κ1) is 17.8. The number of aliphatic carboxylic acids is 1. The van der Waals surface area contributed by atoms with Crippen molar-refractivity contribution in [2.75, 3.05) is 6.54 Å². The third-order valence-corrected chi connectivity index (χ3v) is 4.23. The summed E-state index contributed by atoms with van der Waals surface area (Å²) in [5, 5.41) is 14.4. The van der Waals surface area contributed by atoms with Crippen molar-refractivity contribution in [3.63, 3.8) is 0 Å². The predicted molar refractivity (Wildman–Crippen MR) is 83.3 cm³/mol. The fourth-order valence-corrected chi connectivity index (χ4v) is 3.02. The van der Waals surface area contributed by atoms with E-state index in [9.17, 15) is 9.59 Å². The number of carbonyl (C=O) groups is 2. The highest BCUT2D eigenvalue weighted by atomic mass is 16.4. The Labute approximate surface area is 127 Å². The highest BCUT2D eigenvalue weighted by Gasteiger charge is 2.21. The molecule has 1 saturated carbocycles. The van der Waals surface area contributed by atoms with E-state index >= 15 is 0 Å². The summed E-state index contributed by atoms with van der Waals surface area (Å²) < 4.78 is 0. The fraction of sp³-hybridized carbons (Fsp3) is 0.875. The van der Waals surface area contributed by atoms with Gasteiger partial charge in [-0.2, -0.15) is 0 Å². The number of amides is 2. The Balaban J connectivity index is 2.00. The zero-order chi connectivity index (χ0) is 15.5. The van der Waals surface area contributed by atoms with Crippen LogP contribution in [0.25, 0.3) is 0 Å². The summed E-state index contributed by atoms with van der Waals surface area (Å²) in [5.74, 6) is 0.102. The lowest BCUT2D eigenvalue weighted by Crippen LogP contribution is -2.43. The highest BCUT2D eigenvalue weighted by Crippen LogP contribution is 2.27. The lowest BCUT2D eigenvalue weighted by atomic mass is 9.83. The Bertz CT molecular complexity index is 313. The third kappa shape index (κ3) is 8.58. The lowest BCUT2D eigenvalue weighted by molar-refractivity contribution is -0.137. The molecule has 3 N–H and O–H groups in total. The summed E-state index contributed by atoms with van der Waals surface area (Å²) >= 11 is 0. The van der Waals surface area contributed by atoms with E-state index in [0.717, 1.165) is 31.6 Å².